The zero-order valence-electron chi connectivity index (χ0n) is 11.3. The molecule has 1 aliphatic heterocycles. The number of rotatable bonds is 3. The number of nitrogens with one attached hydrogen (secondary N) is 1. The van der Waals surface area contributed by atoms with Gasteiger partial charge in [-0.3, -0.25) is 4.90 Å². The molecule has 1 unspecified atom stereocenters. The highest BCUT2D eigenvalue weighted by atomic mass is 35.5. The maximum Gasteiger partial charge on any atom is 0.129 e. The van der Waals surface area contributed by atoms with E-state index in [1.807, 2.05) is 0 Å². The van der Waals surface area contributed by atoms with Gasteiger partial charge in [0, 0.05) is 41.8 Å². The normalized spacial score (nSPS) is 23.5. The van der Waals surface area contributed by atoms with E-state index in [0.29, 0.717) is 23.7 Å². The van der Waals surface area contributed by atoms with Gasteiger partial charge >= 0.3 is 0 Å². The van der Waals surface area contributed by atoms with Crippen molar-refractivity contribution in [3.05, 3.63) is 34.6 Å². The predicted octanol–water partition coefficient (Wildman–Crippen LogP) is 2.02. The summed E-state index contributed by atoms with van der Waals surface area (Å²) in [4.78, 5) is 2.08. The first-order valence-electron chi connectivity index (χ1n) is 6.46. The van der Waals surface area contributed by atoms with Crippen LogP contribution in [0.2, 0.25) is 5.02 Å². The van der Waals surface area contributed by atoms with E-state index in [0.717, 1.165) is 6.54 Å². The molecule has 2 rings (SSSR count). The molecule has 19 heavy (non-hydrogen) atoms. The number of hydrogen-bond acceptors (Lipinski definition) is 3. The van der Waals surface area contributed by atoms with Gasteiger partial charge in [-0.2, -0.15) is 0 Å². The van der Waals surface area contributed by atoms with Crippen molar-refractivity contribution in [1.82, 2.24) is 10.2 Å². The molecule has 1 heterocycles. The van der Waals surface area contributed by atoms with Crippen molar-refractivity contribution in [3.63, 3.8) is 0 Å². The molecule has 2 N–H and O–H groups in total. The van der Waals surface area contributed by atoms with Gasteiger partial charge in [0.15, 0.2) is 0 Å². The third kappa shape index (κ3) is 3.45. The summed E-state index contributed by atoms with van der Waals surface area (Å²) in [6, 6.07) is 4.71. The quantitative estimate of drug-likeness (QED) is 0.892. The zero-order valence-corrected chi connectivity index (χ0v) is 12.0. The molecule has 0 amide bonds. The highest BCUT2D eigenvalue weighted by Gasteiger charge is 2.32. The molecule has 0 saturated carbocycles. The fourth-order valence-corrected chi connectivity index (χ4v) is 2.69. The van der Waals surface area contributed by atoms with Crippen LogP contribution in [-0.4, -0.2) is 41.3 Å². The topological polar surface area (TPSA) is 35.5 Å². The second kappa shape index (κ2) is 5.75. The van der Waals surface area contributed by atoms with Gasteiger partial charge in [-0.25, -0.2) is 4.39 Å². The minimum atomic E-state index is -0.291. The van der Waals surface area contributed by atoms with Crippen LogP contribution in [0.25, 0.3) is 0 Å². The summed E-state index contributed by atoms with van der Waals surface area (Å²) in [6.45, 7) is 6.09. The van der Waals surface area contributed by atoms with Gasteiger partial charge in [0.2, 0.25) is 0 Å². The number of halogens is 2. The largest absolute Gasteiger partial charge is 0.395 e. The first kappa shape index (κ1) is 14.7. The Morgan fingerprint density at radius 1 is 1.53 bits per heavy atom. The number of piperazine rings is 1. The maximum atomic E-state index is 13.8. The van der Waals surface area contributed by atoms with Gasteiger partial charge < -0.3 is 10.4 Å². The van der Waals surface area contributed by atoms with Crippen LogP contribution in [0.15, 0.2) is 18.2 Å². The molecule has 0 bridgehead atoms. The van der Waals surface area contributed by atoms with Crippen molar-refractivity contribution in [2.24, 2.45) is 0 Å². The Balaban J connectivity index is 2.19. The standard InChI is InChI=1S/C14H20ClFN2O/c1-14(2)9-18(10(8-19)6-17-14)7-11-12(15)4-3-5-13(11)16/h3-5,10,17,19H,6-9H2,1-2H3. The summed E-state index contributed by atoms with van der Waals surface area (Å²) in [5, 5.41) is 13.3. The fourth-order valence-electron chi connectivity index (χ4n) is 2.47. The number of aliphatic hydroxyl groups is 1. The van der Waals surface area contributed by atoms with Crippen LogP contribution in [0.4, 0.5) is 4.39 Å². The van der Waals surface area contributed by atoms with E-state index < -0.39 is 0 Å². The highest BCUT2D eigenvalue weighted by molar-refractivity contribution is 6.31. The van der Waals surface area contributed by atoms with Crippen LogP contribution in [0, 0.1) is 5.82 Å². The first-order chi connectivity index (χ1) is 8.93. The Labute approximate surface area is 118 Å². The Kier molecular flexibility index (Phi) is 4.46. The zero-order chi connectivity index (χ0) is 14.0. The number of hydrogen-bond donors (Lipinski definition) is 2. The van der Waals surface area contributed by atoms with E-state index in [9.17, 15) is 9.50 Å². The van der Waals surface area contributed by atoms with Gasteiger partial charge in [-0.1, -0.05) is 17.7 Å². The number of nitrogens with zero attached hydrogens (tertiary/aromatic N) is 1. The van der Waals surface area contributed by atoms with Crippen LogP contribution in [-0.2, 0) is 6.54 Å². The Hall–Kier alpha value is -0.680. The highest BCUT2D eigenvalue weighted by Crippen LogP contribution is 2.24. The molecule has 3 nitrogen and oxygen atoms in total. The molecular weight excluding hydrogens is 267 g/mol. The summed E-state index contributed by atoms with van der Waals surface area (Å²) >= 11 is 6.07. The third-order valence-electron chi connectivity index (χ3n) is 3.56. The maximum absolute atomic E-state index is 13.8. The van der Waals surface area contributed by atoms with E-state index in [1.54, 1.807) is 12.1 Å². The number of aliphatic hydroxyl groups excluding tert-OH is 1. The third-order valence-corrected chi connectivity index (χ3v) is 3.92. The molecule has 1 saturated heterocycles. The van der Waals surface area contributed by atoms with Crippen LogP contribution >= 0.6 is 11.6 Å². The monoisotopic (exact) mass is 286 g/mol. The molecule has 1 aliphatic rings. The lowest BCUT2D eigenvalue weighted by Gasteiger charge is -2.44. The molecule has 1 atom stereocenters. The van der Waals surface area contributed by atoms with E-state index in [-0.39, 0.29) is 24.0 Å². The van der Waals surface area contributed by atoms with Crippen LogP contribution < -0.4 is 5.32 Å². The Morgan fingerprint density at radius 2 is 2.26 bits per heavy atom. The van der Waals surface area contributed by atoms with Gasteiger partial charge in [0.25, 0.3) is 0 Å². The lowest BCUT2D eigenvalue weighted by Crippen LogP contribution is -2.62. The summed E-state index contributed by atoms with van der Waals surface area (Å²) < 4.78 is 13.8. The Bertz CT molecular complexity index is 433. The van der Waals surface area contributed by atoms with Crippen molar-refractivity contribution in [3.8, 4) is 0 Å². The molecular formula is C14H20ClFN2O. The van der Waals surface area contributed by atoms with Crippen LogP contribution in [0.5, 0.6) is 0 Å². The summed E-state index contributed by atoms with van der Waals surface area (Å²) in [7, 11) is 0. The van der Waals surface area contributed by atoms with Gasteiger partial charge in [0.05, 0.1) is 6.61 Å². The molecule has 0 aromatic heterocycles. The molecule has 0 radical (unpaired) electrons. The first-order valence-corrected chi connectivity index (χ1v) is 6.83. The van der Waals surface area contributed by atoms with E-state index >= 15 is 0 Å². The molecule has 5 heteroatoms. The SMILES string of the molecule is CC1(C)CN(Cc2c(F)cccc2Cl)C(CO)CN1. The van der Waals surface area contributed by atoms with Crippen molar-refractivity contribution >= 4 is 11.6 Å². The molecule has 0 spiro atoms. The smallest absolute Gasteiger partial charge is 0.129 e. The molecule has 0 aliphatic carbocycles. The lowest BCUT2D eigenvalue weighted by atomic mass is 9.98. The van der Waals surface area contributed by atoms with Crippen LogP contribution in [0.1, 0.15) is 19.4 Å². The van der Waals surface area contributed by atoms with Crippen molar-refractivity contribution in [1.29, 1.82) is 0 Å². The molecule has 1 aromatic carbocycles. The van der Waals surface area contributed by atoms with Crippen molar-refractivity contribution < 1.29 is 9.50 Å². The summed E-state index contributed by atoms with van der Waals surface area (Å²) in [5.74, 6) is -0.291. The van der Waals surface area contributed by atoms with E-state index in [1.165, 1.54) is 6.07 Å². The summed E-state index contributed by atoms with van der Waals surface area (Å²) in [6.07, 6.45) is 0. The van der Waals surface area contributed by atoms with Crippen LogP contribution in [0.3, 0.4) is 0 Å². The predicted molar refractivity (Wildman–Crippen MR) is 74.8 cm³/mol. The number of benzene rings is 1. The molecule has 1 fully saturated rings. The van der Waals surface area contributed by atoms with Gasteiger partial charge in [0.1, 0.15) is 5.82 Å². The van der Waals surface area contributed by atoms with E-state index in [4.69, 9.17) is 11.6 Å². The lowest BCUT2D eigenvalue weighted by molar-refractivity contribution is 0.0505. The fraction of sp³-hybridized carbons (Fsp3) is 0.571. The average molecular weight is 287 g/mol. The molecule has 106 valence electrons. The second-order valence-electron chi connectivity index (χ2n) is 5.71. The van der Waals surface area contributed by atoms with Gasteiger partial charge in [-0.15, -0.1) is 0 Å². The Morgan fingerprint density at radius 3 is 2.89 bits per heavy atom. The summed E-state index contributed by atoms with van der Waals surface area (Å²) in [5.41, 5.74) is 0.448. The minimum Gasteiger partial charge on any atom is -0.395 e. The minimum absolute atomic E-state index is 0.0105. The van der Waals surface area contributed by atoms with Gasteiger partial charge in [-0.05, 0) is 26.0 Å². The van der Waals surface area contributed by atoms with Crippen molar-refractivity contribution in [2.45, 2.75) is 32.0 Å². The van der Waals surface area contributed by atoms with E-state index in [2.05, 4.69) is 24.1 Å². The second-order valence-corrected chi connectivity index (χ2v) is 6.11. The average Bonchev–Trinajstić information content (AvgIpc) is 2.33. The molecule has 1 aromatic rings. The van der Waals surface area contributed by atoms with Crippen molar-refractivity contribution in [2.75, 3.05) is 19.7 Å².